The standard InChI is InChI=1S/C15H26BrN3O/c1-3-5-6-7-8-9-10-17-13-12-18-19(11-4-2)15(20)14(13)16/h12,17H,3-11H2,1-2H3. The lowest BCUT2D eigenvalue weighted by Gasteiger charge is -2.10. The van der Waals surface area contributed by atoms with E-state index in [1.165, 1.54) is 36.8 Å². The lowest BCUT2D eigenvalue weighted by atomic mass is 10.1. The number of unbranched alkanes of at least 4 members (excludes halogenated alkanes) is 5. The molecule has 20 heavy (non-hydrogen) atoms. The van der Waals surface area contributed by atoms with Crippen molar-refractivity contribution >= 4 is 21.6 Å². The summed E-state index contributed by atoms with van der Waals surface area (Å²) in [5.74, 6) is 0. The minimum absolute atomic E-state index is 0.0557. The van der Waals surface area contributed by atoms with Crippen LogP contribution in [0.2, 0.25) is 0 Å². The van der Waals surface area contributed by atoms with E-state index in [-0.39, 0.29) is 5.56 Å². The molecule has 5 heteroatoms. The highest BCUT2D eigenvalue weighted by Gasteiger charge is 2.07. The van der Waals surface area contributed by atoms with Crippen LogP contribution in [-0.4, -0.2) is 16.3 Å². The van der Waals surface area contributed by atoms with E-state index in [4.69, 9.17) is 0 Å². The summed E-state index contributed by atoms with van der Waals surface area (Å²) in [6.45, 7) is 5.82. The Morgan fingerprint density at radius 1 is 1.15 bits per heavy atom. The van der Waals surface area contributed by atoms with Gasteiger partial charge >= 0.3 is 0 Å². The van der Waals surface area contributed by atoms with Crippen LogP contribution in [-0.2, 0) is 6.54 Å². The molecule has 1 rings (SSSR count). The van der Waals surface area contributed by atoms with Gasteiger partial charge < -0.3 is 5.32 Å². The average Bonchev–Trinajstić information content (AvgIpc) is 2.45. The first kappa shape index (κ1) is 17.2. The van der Waals surface area contributed by atoms with Crippen LogP contribution in [0.3, 0.4) is 0 Å². The second-order valence-corrected chi connectivity index (χ2v) is 5.89. The Morgan fingerprint density at radius 2 is 1.85 bits per heavy atom. The van der Waals surface area contributed by atoms with Gasteiger partial charge in [-0.1, -0.05) is 46.0 Å². The number of hydrogen-bond donors (Lipinski definition) is 1. The van der Waals surface area contributed by atoms with Crippen LogP contribution in [0.5, 0.6) is 0 Å². The fourth-order valence-corrected chi connectivity index (χ4v) is 2.54. The molecule has 1 aromatic heterocycles. The highest BCUT2D eigenvalue weighted by molar-refractivity contribution is 9.10. The van der Waals surface area contributed by atoms with Gasteiger partial charge in [-0.15, -0.1) is 0 Å². The van der Waals surface area contributed by atoms with Crippen molar-refractivity contribution in [1.29, 1.82) is 0 Å². The fourth-order valence-electron chi connectivity index (χ4n) is 2.09. The summed E-state index contributed by atoms with van der Waals surface area (Å²) in [6.07, 6.45) is 10.3. The molecule has 0 saturated carbocycles. The molecule has 0 spiro atoms. The van der Waals surface area contributed by atoms with Crippen LogP contribution in [0, 0.1) is 0 Å². The van der Waals surface area contributed by atoms with Gasteiger partial charge in [-0.05, 0) is 28.8 Å². The van der Waals surface area contributed by atoms with E-state index in [1.54, 1.807) is 6.20 Å². The lowest BCUT2D eigenvalue weighted by Crippen LogP contribution is -2.24. The van der Waals surface area contributed by atoms with E-state index in [1.807, 2.05) is 6.92 Å². The number of rotatable bonds is 10. The lowest BCUT2D eigenvalue weighted by molar-refractivity contribution is 0.565. The summed E-state index contributed by atoms with van der Waals surface area (Å²) in [5, 5.41) is 7.47. The molecule has 0 saturated heterocycles. The predicted molar refractivity (Wildman–Crippen MR) is 88.4 cm³/mol. The summed E-state index contributed by atoms with van der Waals surface area (Å²) in [5.41, 5.74) is 0.746. The minimum atomic E-state index is -0.0557. The van der Waals surface area contributed by atoms with Gasteiger partial charge in [0.05, 0.1) is 11.9 Å². The molecular formula is C15H26BrN3O. The number of aryl methyl sites for hydroxylation is 1. The van der Waals surface area contributed by atoms with Crippen molar-refractivity contribution in [3.8, 4) is 0 Å². The largest absolute Gasteiger partial charge is 0.383 e. The minimum Gasteiger partial charge on any atom is -0.383 e. The number of halogens is 1. The number of nitrogens with one attached hydrogen (secondary N) is 1. The summed E-state index contributed by atoms with van der Waals surface area (Å²) < 4.78 is 2.09. The van der Waals surface area contributed by atoms with Crippen LogP contribution < -0.4 is 10.9 Å². The highest BCUT2D eigenvalue weighted by Crippen LogP contribution is 2.16. The van der Waals surface area contributed by atoms with Crippen LogP contribution >= 0.6 is 15.9 Å². The molecule has 0 atom stereocenters. The van der Waals surface area contributed by atoms with Crippen molar-refractivity contribution in [3.05, 3.63) is 21.0 Å². The van der Waals surface area contributed by atoms with Crippen molar-refractivity contribution in [2.24, 2.45) is 0 Å². The van der Waals surface area contributed by atoms with E-state index in [0.717, 1.165) is 25.1 Å². The molecule has 0 radical (unpaired) electrons. The van der Waals surface area contributed by atoms with Crippen LogP contribution in [0.4, 0.5) is 5.69 Å². The number of nitrogens with zero attached hydrogens (tertiary/aromatic N) is 2. The normalized spacial score (nSPS) is 10.8. The molecule has 0 aliphatic heterocycles. The summed E-state index contributed by atoms with van der Waals surface area (Å²) in [7, 11) is 0. The number of anilines is 1. The molecule has 1 N–H and O–H groups in total. The average molecular weight is 344 g/mol. The van der Waals surface area contributed by atoms with Gasteiger partial charge in [-0.3, -0.25) is 4.79 Å². The smallest absolute Gasteiger partial charge is 0.283 e. The van der Waals surface area contributed by atoms with Crippen molar-refractivity contribution in [2.75, 3.05) is 11.9 Å². The second kappa shape index (κ2) is 9.97. The zero-order valence-electron chi connectivity index (χ0n) is 12.6. The quantitative estimate of drug-likeness (QED) is 0.648. The fraction of sp³-hybridized carbons (Fsp3) is 0.733. The molecule has 0 aliphatic rings. The Balaban J connectivity index is 2.37. The zero-order chi connectivity index (χ0) is 14.8. The Kier molecular flexibility index (Phi) is 8.58. The maximum Gasteiger partial charge on any atom is 0.283 e. The van der Waals surface area contributed by atoms with Gasteiger partial charge in [-0.25, -0.2) is 4.68 Å². The molecule has 4 nitrogen and oxygen atoms in total. The third kappa shape index (κ3) is 5.65. The monoisotopic (exact) mass is 343 g/mol. The summed E-state index contributed by atoms with van der Waals surface area (Å²) in [6, 6.07) is 0. The molecule has 0 aliphatic carbocycles. The summed E-state index contributed by atoms with van der Waals surface area (Å²) >= 11 is 3.37. The van der Waals surface area contributed by atoms with Crippen molar-refractivity contribution in [3.63, 3.8) is 0 Å². The predicted octanol–water partition coefficient (Wildman–Crippen LogP) is 4.19. The number of aromatic nitrogens is 2. The first-order chi connectivity index (χ1) is 9.70. The molecular weight excluding hydrogens is 318 g/mol. The third-order valence-corrected chi connectivity index (χ3v) is 4.03. The van der Waals surface area contributed by atoms with Gasteiger partial charge in [0.15, 0.2) is 0 Å². The first-order valence-corrected chi connectivity index (χ1v) is 8.49. The SMILES string of the molecule is CCCCCCCCNc1cnn(CCC)c(=O)c1Br. The molecule has 1 heterocycles. The Bertz CT molecular complexity index is 445. The molecule has 0 amide bonds. The molecule has 0 unspecified atom stereocenters. The second-order valence-electron chi connectivity index (χ2n) is 5.10. The Labute approximate surface area is 130 Å². The van der Waals surface area contributed by atoms with Gasteiger partial charge in [0, 0.05) is 13.1 Å². The van der Waals surface area contributed by atoms with E-state index in [2.05, 4.69) is 33.3 Å². The van der Waals surface area contributed by atoms with E-state index >= 15 is 0 Å². The summed E-state index contributed by atoms with van der Waals surface area (Å²) in [4.78, 5) is 12.0. The molecule has 1 aromatic rings. The molecule has 0 fully saturated rings. The van der Waals surface area contributed by atoms with Crippen molar-refractivity contribution < 1.29 is 0 Å². The van der Waals surface area contributed by atoms with E-state index in [0.29, 0.717) is 11.0 Å². The zero-order valence-corrected chi connectivity index (χ0v) is 14.2. The molecule has 0 aromatic carbocycles. The maximum absolute atomic E-state index is 12.0. The molecule has 0 bridgehead atoms. The van der Waals surface area contributed by atoms with E-state index < -0.39 is 0 Å². The van der Waals surface area contributed by atoms with Gasteiger partial charge in [0.2, 0.25) is 0 Å². The Hall–Kier alpha value is -0.840. The first-order valence-electron chi connectivity index (χ1n) is 7.70. The molecule has 114 valence electrons. The highest BCUT2D eigenvalue weighted by atomic mass is 79.9. The van der Waals surface area contributed by atoms with Crippen LogP contribution in [0.25, 0.3) is 0 Å². The van der Waals surface area contributed by atoms with Crippen molar-refractivity contribution in [2.45, 2.75) is 65.3 Å². The van der Waals surface area contributed by atoms with Crippen molar-refractivity contribution in [1.82, 2.24) is 9.78 Å². The van der Waals surface area contributed by atoms with Gasteiger partial charge in [-0.2, -0.15) is 5.10 Å². The third-order valence-electron chi connectivity index (χ3n) is 3.27. The van der Waals surface area contributed by atoms with Crippen LogP contribution in [0.1, 0.15) is 58.8 Å². The van der Waals surface area contributed by atoms with Gasteiger partial charge in [0.1, 0.15) is 4.47 Å². The Morgan fingerprint density at radius 3 is 2.55 bits per heavy atom. The van der Waals surface area contributed by atoms with E-state index in [9.17, 15) is 4.79 Å². The number of hydrogen-bond acceptors (Lipinski definition) is 3. The topological polar surface area (TPSA) is 46.9 Å². The van der Waals surface area contributed by atoms with Crippen LogP contribution in [0.15, 0.2) is 15.5 Å². The van der Waals surface area contributed by atoms with Gasteiger partial charge in [0.25, 0.3) is 5.56 Å². The maximum atomic E-state index is 12.0.